The van der Waals surface area contributed by atoms with Crippen LogP contribution in [0, 0.1) is 0 Å². The Morgan fingerprint density at radius 1 is 0.955 bits per heavy atom. The zero-order chi connectivity index (χ0) is 16.8. The van der Waals surface area contributed by atoms with E-state index in [1.54, 1.807) is 0 Å². The molecule has 0 aliphatic heterocycles. The Labute approximate surface area is 138 Å². The summed E-state index contributed by atoms with van der Waals surface area (Å²) in [6.07, 6.45) is 12.0. The molecule has 0 bridgehead atoms. The van der Waals surface area contributed by atoms with Crippen molar-refractivity contribution in [2.75, 3.05) is 0 Å². The molecular formula is C21H36O. The average molecular weight is 305 g/mol. The van der Waals surface area contributed by atoms with Gasteiger partial charge < -0.3 is 5.11 Å². The third-order valence-corrected chi connectivity index (χ3v) is 3.70. The molecule has 0 unspecified atom stereocenters. The lowest BCUT2D eigenvalue weighted by atomic mass is 9.98. The van der Waals surface area contributed by atoms with E-state index in [1.807, 2.05) is 32.1 Å². The number of benzene rings is 1. The largest absolute Gasteiger partial charge is 0.390 e. The summed E-state index contributed by atoms with van der Waals surface area (Å²) in [5.41, 5.74) is 1.83. The first-order chi connectivity index (χ1) is 10.4. The summed E-state index contributed by atoms with van der Waals surface area (Å²) < 4.78 is 0. The number of aryl methyl sites for hydroxylation is 1. The van der Waals surface area contributed by atoms with Crippen LogP contribution < -0.4 is 0 Å². The molecule has 22 heavy (non-hydrogen) atoms. The molecule has 1 N–H and O–H groups in total. The highest BCUT2D eigenvalue weighted by Gasteiger charge is 2.11. The predicted octanol–water partition coefficient (Wildman–Crippen LogP) is 6.40. The minimum absolute atomic E-state index is 0.572. The van der Waals surface area contributed by atoms with Gasteiger partial charge in [-0.3, -0.25) is 0 Å². The molecule has 0 aliphatic carbocycles. The first-order valence-corrected chi connectivity index (χ1v) is 8.86. The van der Waals surface area contributed by atoms with E-state index >= 15 is 0 Å². The maximum atomic E-state index is 9.56. The molecule has 0 saturated heterocycles. The van der Waals surface area contributed by atoms with Crippen molar-refractivity contribution in [2.24, 2.45) is 0 Å². The summed E-state index contributed by atoms with van der Waals surface area (Å²) in [5.74, 6) is 0. The number of hydrogen-bond donors (Lipinski definition) is 1. The van der Waals surface area contributed by atoms with Gasteiger partial charge in [-0.05, 0) is 37.8 Å². The highest BCUT2D eigenvalue weighted by molar-refractivity contribution is 5.47. The average Bonchev–Trinajstić information content (AvgIpc) is 2.50. The summed E-state index contributed by atoms with van der Waals surface area (Å²) in [6.45, 7) is 11.9. The Balaban J connectivity index is 0.000000472. The van der Waals surface area contributed by atoms with Crippen molar-refractivity contribution in [2.45, 2.75) is 84.7 Å². The second-order valence-corrected chi connectivity index (χ2v) is 6.67. The molecule has 1 heteroatoms. The molecule has 1 rings (SSSR count). The van der Waals surface area contributed by atoms with Gasteiger partial charge in [0.2, 0.25) is 0 Å². The zero-order valence-corrected chi connectivity index (χ0v) is 15.2. The Kier molecular flexibility index (Phi) is 11.9. The van der Waals surface area contributed by atoms with E-state index < -0.39 is 5.60 Å². The van der Waals surface area contributed by atoms with Crippen LogP contribution in [0.4, 0.5) is 0 Å². The van der Waals surface area contributed by atoms with Crippen LogP contribution in [0.1, 0.15) is 83.8 Å². The molecule has 0 amide bonds. The third-order valence-electron chi connectivity index (χ3n) is 3.70. The smallest absolute Gasteiger partial charge is 0.0594 e. The molecular weight excluding hydrogens is 268 g/mol. The fraction of sp³-hybridized carbons (Fsp3) is 0.619. The van der Waals surface area contributed by atoms with Crippen LogP contribution in [0.25, 0.3) is 6.08 Å². The Bertz CT molecular complexity index is 364. The van der Waals surface area contributed by atoms with Gasteiger partial charge in [-0.1, -0.05) is 89.3 Å². The second kappa shape index (κ2) is 12.5. The normalized spacial score (nSPS) is 10.8. The monoisotopic (exact) mass is 304 g/mol. The third kappa shape index (κ3) is 12.6. The van der Waals surface area contributed by atoms with Crippen LogP contribution in [0.15, 0.2) is 30.8 Å². The Hall–Kier alpha value is -1.08. The van der Waals surface area contributed by atoms with Crippen LogP contribution in [0.2, 0.25) is 0 Å². The quantitative estimate of drug-likeness (QED) is 0.523. The molecule has 0 aliphatic rings. The molecule has 0 heterocycles. The van der Waals surface area contributed by atoms with Gasteiger partial charge in [0.25, 0.3) is 0 Å². The van der Waals surface area contributed by atoms with Gasteiger partial charge in [-0.15, -0.1) is 0 Å². The fourth-order valence-electron chi connectivity index (χ4n) is 2.12. The van der Waals surface area contributed by atoms with Gasteiger partial charge in [0.15, 0.2) is 0 Å². The van der Waals surface area contributed by atoms with Crippen molar-refractivity contribution in [3.05, 3.63) is 42.0 Å². The van der Waals surface area contributed by atoms with E-state index in [2.05, 4.69) is 32.6 Å². The lowest BCUT2D eigenvalue weighted by Gasteiger charge is -2.16. The van der Waals surface area contributed by atoms with E-state index in [1.165, 1.54) is 44.1 Å². The molecule has 0 aromatic heterocycles. The maximum absolute atomic E-state index is 9.56. The van der Waals surface area contributed by atoms with Crippen molar-refractivity contribution in [1.29, 1.82) is 0 Å². The van der Waals surface area contributed by atoms with Gasteiger partial charge in [0.1, 0.15) is 0 Å². The molecule has 0 spiro atoms. The molecule has 0 fully saturated rings. The summed E-state index contributed by atoms with van der Waals surface area (Å²) in [7, 11) is 0. The first-order valence-electron chi connectivity index (χ1n) is 8.86. The number of aliphatic hydroxyl groups is 1. The molecule has 1 nitrogen and oxygen atoms in total. The molecule has 126 valence electrons. The summed E-state index contributed by atoms with van der Waals surface area (Å²) in [4.78, 5) is 0. The lowest BCUT2D eigenvalue weighted by Crippen LogP contribution is -2.19. The Morgan fingerprint density at radius 3 is 1.82 bits per heavy atom. The topological polar surface area (TPSA) is 20.2 Å². The van der Waals surface area contributed by atoms with Crippen molar-refractivity contribution in [3.63, 3.8) is 0 Å². The first kappa shape index (κ1) is 20.9. The maximum Gasteiger partial charge on any atom is 0.0594 e. The van der Waals surface area contributed by atoms with Crippen LogP contribution in [0.3, 0.4) is 0 Å². The molecule has 1 aromatic carbocycles. The van der Waals surface area contributed by atoms with Gasteiger partial charge in [-0.2, -0.15) is 0 Å². The van der Waals surface area contributed by atoms with Crippen LogP contribution in [-0.2, 0) is 6.42 Å². The van der Waals surface area contributed by atoms with Crippen LogP contribution in [0.5, 0.6) is 0 Å². The van der Waals surface area contributed by atoms with Crippen LogP contribution >= 0.6 is 0 Å². The van der Waals surface area contributed by atoms with Gasteiger partial charge in [0.05, 0.1) is 5.60 Å². The SMILES string of the molecule is C=Cc1ccc(CCC(C)(C)O)cc1.CCCCCCCC. The summed E-state index contributed by atoms with van der Waals surface area (Å²) in [6, 6.07) is 8.27. The number of unbranched alkanes of at least 4 members (excludes halogenated alkanes) is 5. The van der Waals surface area contributed by atoms with E-state index in [-0.39, 0.29) is 0 Å². The fourth-order valence-corrected chi connectivity index (χ4v) is 2.12. The van der Waals surface area contributed by atoms with Crippen molar-refractivity contribution in [3.8, 4) is 0 Å². The standard InChI is InChI=1S/C13H18O.C8H18/c1-4-11-5-7-12(8-6-11)9-10-13(2,3)14;1-3-5-7-8-6-4-2/h4-8,14H,1,9-10H2,2-3H3;3-8H2,1-2H3. The van der Waals surface area contributed by atoms with E-state index in [4.69, 9.17) is 0 Å². The van der Waals surface area contributed by atoms with Crippen molar-refractivity contribution >= 4 is 6.08 Å². The van der Waals surface area contributed by atoms with Crippen molar-refractivity contribution in [1.82, 2.24) is 0 Å². The summed E-state index contributed by atoms with van der Waals surface area (Å²) in [5, 5.41) is 9.56. The van der Waals surface area contributed by atoms with Crippen LogP contribution in [-0.4, -0.2) is 10.7 Å². The second-order valence-electron chi connectivity index (χ2n) is 6.67. The van der Waals surface area contributed by atoms with E-state index in [0.29, 0.717) is 0 Å². The minimum Gasteiger partial charge on any atom is -0.390 e. The molecule has 0 radical (unpaired) electrons. The molecule has 1 aromatic rings. The van der Waals surface area contributed by atoms with E-state index in [9.17, 15) is 5.11 Å². The number of hydrogen-bond acceptors (Lipinski definition) is 1. The molecule has 0 atom stereocenters. The summed E-state index contributed by atoms with van der Waals surface area (Å²) >= 11 is 0. The minimum atomic E-state index is -0.572. The lowest BCUT2D eigenvalue weighted by molar-refractivity contribution is 0.0714. The Morgan fingerprint density at radius 2 is 1.45 bits per heavy atom. The van der Waals surface area contributed by atoms with E-state index in [0.717, 1.165) is 18.4 Å². The zero-order valence-electron chi connectivity index (χ0n) is 15.2. The number of rotatable bonds is 9. The van der Waals surface area contributed by atoms with Crippen molar-refractivity contribution < 1.29 is 5.11 Å². The molecule has 0 saturated carbocycles. The predicted molar refractivity (Wildman–Crippen MR) is 100 cm³/mol. The van der Waals surface area contributed by atoms with Gasteiger partial charge >= 0.3 is 0 Å². The highest BCUT2D eigenvalue weighted by atomic mass is 16.3. The van der Waals surface area contributed by atoms with Gasteiger partial charge in [-0.25, -0.2) is 0 Å². The van der Waals surface area contributed by atoms with Gasteiger partial charge in [0, 0.05) is 0 Å². The highest BCUT2D eigenvalue weighted by Crippen LogP contribution is 2.14.